The van der Waals surface area contributed by atoms with Gasteiger partial charge in [-0.1, -0.05) is 47.7 Å². The van der Waals surface area contributed by atoms with Crippen molar-refractivity contribution in [1.82, 2.24) is 9.78 Å². The summed E-state index contributed by atoms with van der Waals surface area (Å²) in [6, 6.07) is 22.7. The van der Waals surface area contributed by atoms with Crippen LogP contribution in [-0.2, 0) is 0 Å². The largest absolute Gasteiger partial charge is 0.497 e. The van der Waals surface area contributed by atoms with Crippen molar-refractivity contribution in [3.8, 4) is 23.1 Å². The summed E-state index contributed by atoms with van der Waals surface area (Å²) in [4.78, 5) is 15.0. The molecule has 1 heterocycles. The molecule has 0 unspecified atom stereocenters. The van der Waals surface area contributed by atoms with Gasteiger partial charge in [-0.3, -0.25) is 0 Å². The van der Waals surface area contributed by atoms with E-state index in [0.717, 1.165) is 21.2 Å². The minimum absolute atomic E-state index is 0.294. The maximum absolute atomic E-state index is 13.2. The van der Waals surface area contributed by atoms with E-state index in [4.69, 9.17) is 14.2 Å². The third-order valence-electron chi connectivity index (χ3n) is 5.02. The first-order valence-electron chi connectivity index (χ1n) is 10.3. The molecule has 0 N–H and O–H groups in total. The summed E-state index contributed by atoms with van der Waals surface area (Å²) in [5.41, 5.74) is 3.02. The molecule has 6 nitrogen and oxygen atoms in total. The highest BCUT2D eigenvalue weighted by molar-refractivity contribution is 7.99. The maximum atomic E-state index is 13.2. The Balaban J connectivity index is 1.76. The molecular weight excluding hydrogens is 436 g/mol. The van der Waals surface area contributed by atoms with Gasteiger partial charge in [0, 0.05) is 11.0 Å². The van der Waals surface area contributed by atoms with Gasteiger partial charge >= 0.3 is 5.97 Å². The predicted molar refractivity (Wildman–Crippen MR) is 128 cm³/mol. The van der Waals surface area contributed by atoms with Gasteiger partial charge in [0.15, 0.2) is 0 Å². The Morgan fingerprint density at radius 2 is 1.64 bits per heavy atom. The predicted octanol–water partition coefficient (Wildman–Crippen LogP) is 5.88. The normalized spacial score (nSPS) is 10.7. The van der Waals surface area contributed by atoms with Crippen LogP contribution >= 0.6 is 11.8 Å². The van der Waals surface area contributed by atoms with E-state index in [2.05, 4.69) is 5.10 Å². The fourth-order valence-corrected chi connectivity index (χ4v) is 4.19. The van der Waals surface area contributed by atoms with E-state index >= 15 is 0 Å². The van der Waals surface area contributed by atoms with E-state index in [1.165, 1.54) is 24.4 Å². The molecule has 4 aromatic rings. The first-order valence-corrected chi connectivity index (χ1v) is 11.2. The molecular formula is C26H24N2O4S. The average Bonchev–Trinajstić information content (AvgIpc) is 3.15. The van der Waals surface area contributed by atoms with E-state index in [1.807, 2.05) is 68.4 Å². The van der Waals surface area contributed by atoms with Gasteiger partial charge < -0.3 is 14.2 Å². The minimum atomic E-state index is -0.544. The van der Waals surface area contributed by atoms with Gasteiger partial charge in [0.2, 0.25) is 5.88 Å². The lowest BCUT2D eigenvalue weighted by Gasteiger charge is -2.12. The Labute approximate surface area is 197 Å². The summed E-state index contributed by atoms with van der Waals surface area (Å²) < 4.78 is 18.3. The molecule has 0 fully saturated rings. The topological polar surface area (TPSA) is 62.6 Å². The van der Waals surface area contributed by atoms with Crippen LogP contribution in [0, 0.1) is 13.8 Å². The first-order chi connectivity index (χ1) is 16.0. The van der Waals surface area contributed by atoms with Crippen molar-refractivity contribution in [2.75, 3.05) is 14.2 Å². The zero-order valence-electron chi connectivity index (χ0n) is 18.9. The summed E-state index contributed by atoms with van der Waals surface area (Å²) in [5, 5.41) is 4.68. The summed E-state index contributed by atoms with van der Waals surface area (Å²) in [7, 11) is 3.06. The first kappa shape index (κ1) is 22.5. The molecule has 0 aliphatic rings. The van der Waals surface area contributed by atoms with E-state index < -0.39 is 5.97 Å². The average molecular weight is 461 g/mol. The minimum Gasteiger partial charge on any atom is -0.497 e. The molecule has 0 spiro atoms. The highest BCUT2D eigenvalue weighted by Gasteiger charge is 2.24. The molecule has 0 saturated carbocycles. The summed E-state index contributed by atoms with van der Waals surface area (Å²) in [6.07, 6.45) is 0. The number of benzene rings is 3. The van der Waals surface area contributed by atoms with Crippen LogP contribution in [0.25, 0.3) is 5.69 Å². The quantitative estimate of drug-likeness (QED) is 0.321. The number of rotatable bonds is 7. The van der Waals surface area contributed by atoms with Crippen LogP contribution in [0.3, 0.4) is 0 Å². The van der Waals surface area contributed by atoms with E-state index in [-0.39, 0.29) is 0 Å². The molecule has 0 atom stereocenters. The van der Waals surface area contributed by atoms with Crippen molar-refractivity contribution in [2.45, 2.75) is 23.6 Å². The van der Waals surface area contributed by atoms with E-state index in [9.17, 15) is 4.79 Å². The maximum Gasteiger partial charge on any atom is 0.348 e. The van der Waals surface area contributed by atoms with Crippen molar-refractivity contribution in [3.05, 3.63) is 89.6 Å². The van der Waals surface area contributed by atoms with Crippen LogP contribution in [0.15, 0.2) is 82.6 Å². The lowest BCUT2D eigenvalue weighted by atomic mass is 10.2. The fraction of sp³-hybridized carbons (Fsp3) is 0.154. The SMILES string of the molecule is COc1ccc(C(=O)Oc2c(Sc3ccc(C)cc3)c(C)nn2-c2ccccc2)c(OC)c1. The lowest BCUT2D eigenvalue weighted by Crippen LogP contribution is -2.13. The van der Waals surface area contributed by atoms with Crippen LogP contribution < -0.4 is 14.2 Å². The molecule has 168 valence electrons. The van der Waals surface area contributed by atoms with Crippen molar-refractivity contribution in [3.63, 3.8) is 0 Å². The summed E-state index contributed by atoms with van der Waals surface area (Å²) in [5.74, 6) is 0.767. The van der Waals surface area contributed by atoms with Crippen LogP contribution in [0.1, 0.15) is 21.6 Å². The molecule has 0 aliphatic heterocycles. The second-order valence-corrected chi connectivity index (χ2v) is 8.42. The number of ether oxygens (including phenoxy) is 3. The van der Waals surface area contributed by atoms with Crippen LogP contribution in [0.4, 0.5) is 0 Å². The second kappa shape index (κ2) is 9.83. The number of nitrogens with zero attached hydrogens (tertiary/aromatic N) is 2. The number of hydrogen-bond acceptors (Lipinski definition) is 6. The van der Waals surface area contributed by atoms with E-state index in [1.54, 1.807) is 30.0 Å². The highest BCUT2D eigenvalue weighted by Crippen LogP contribution is 2.39. The number of esters is 1. The van der Waals surface area contributed by atoms with Gasteiger partial charge in [-0.25, -0.2) is 4.79 Å². The molecule has 33 heavy (non-hydrogen) atoms. The van der Waals surface area contributed by atoms with Gasteiger partial charge in [0.1, 0.15) is 17.1 Å². The highest BCUT2D eigenvalue weighted by atomic mass is 32.2. The van der Waals surface area contributed by atoms with Gasteiger partial charge in [-0.05, 0) is 50.2 Å². The second-order valence-electron chi connectivity index (χ2n) is 7.34. The van der Waals surface area contributed by atoms with Crippen molar-refractivity contribution < 1.29 is 19.0 Å². The fourth-order valence-electron chi connectivity index (χ4n) is 3.28. The van der Waals surface area contributed by atoms with Crippen molar-refractivity contribution in [2.24, 2.45) is 0 Å². The Hall–Kier alpha value is -3.71. The lowest BCUT2D eigenvalue weighted by molar-refractivity contribution is 0.0715. The Morgan fingerprint density at radius 3 is 2.30 bits per heavy atom. The van der Waals surface area contributed by atoms with Gasteiger partial charge in [0.05, 0.1) is 30.5 Å². The Bertz CT molecular complexity index is 1270. The molecule has 3 aromatic carbocycles. The molecule has 0 bridgehead atoms. The number of aromatic nitrogens is 2. The Kier molecular flexibility index (Phi) is 6.70. The zero-order chi connectivity index (χ0) is 23.4. The molecule has 0 saturated heterocycles. The third kappa shape index (κ3) is 4.88. The smallest absolute Gasteiger partial charge is 0.348 e. The van der Waals surface area contributed by atoms with Crippen LogP contribution in [0.2, 0.25) is 0 Å². The van der Waals surface area contributed by atoms with Crippen LogP contribution in [-0.4, -0.2) is 30.0 Å². The number of carbonyl (C=O) groups excluding carboxylic acids is 1. The summed E-state index contributed by atoms with van der Waals surface area (Å²) >= 11 is 1.51. The Morgan fingerprint density at radius 1 is 0.909 bits per heavy atom. The molecule has 0 amide bonds. The monoisotopic (exact) mass is 460 g/mol. The number of aryl methyl sites for hydroxylation is 2. The molecule has 7 heteroatoms. The van der Waals surface area contributed by atoms with Gasteiger partial charge in [0.25, 0.3) is 0 Å². The summed E-state index contributed by atoms with van der Waals surface area (Å²) in [6.45, 7) is 3.95. The molecule has 4 rings (SSSR count). The third-order valence-corrected chi connectivity index (χ3v) is 6.21. The standard InChI is InChI=1S/C26H24N2O4S/c1-17-10-13-21(14-11-17)33-24-18(2)27-28(19-8-6-5-7-9-19)25(24)32-26(29)22-15-12-20(30-3)16-23(22)31-4/h5-16H,1-4H3. The van der Waals surface area contributed by atoms with Gasteiger partial charge in [-0.15, -0.1) is 0 Å². The molecule has 0 aliphatic carbocycles. The van der Waals surface area contributed by atoms with Crippen LogP contribution in [0.5, 0.6) is 17.4 Å². The molecule has 0 radical (unpaired) electrons. The number of para-hydroxylation sites is 1. The van der Waals surface area contributed by atoms with Crippen molar-refractivity contribution >= 4 is 17.7 Å². The zero-order valence-corrected chi connectivity index (χ0v) is 19.7. The van der Waals surface area contributed by atoms with Gasteiger partial charge in [-0.2, -0.15) is 9.78 Å². The van der Waals surface area contributed by atoms with E-state index in [0.29, 0.717) is 22.9 Å². The molecule has 1 aromatic heterocycles. The number of methoxy groups -OCH3 is 2. The number of hydrogen-bond donors (Lipinski definition) is 0. The number of carbonyl (C=O) groups is 1. The van der Waals surface area contributed by atoms with Crippen molar-refractivity contribution in [1.29, 1.82) is 0 Å².